The number of pyridine rings is 1. The number of ether oxygens (including phenoxy) is 1. The highest BCUT2D eigenvalue weighted by molar-refractivity contribution is 5.88. The fourth-order valence-electron chi connectivity index (χ4n) is 4.58. The van der Waals surface area contributed by atoms with Gasteiger partial charge < -0.3 is 4.74 Å². The molecule has 2 aromatic carbocycles. The number of hydrogen-bond acceptors (Lipinski definition) is 5. The lowest BCUT2D eigenvalue weighted by molar-refractivity contribution is 0.116. The maximum atomic E-state index is 13.3. The molecule has 0 spiro atoms. The summed E-state index contributed by atoms with van der Waals surface area (Å²) in [5, 5.41) is 0.871. The van der Waals surface area contributed by atoms with Crippen LogP contribution < -0.4 is 4.74 Å². The summed E-state index contributed by atoms with van der Waals surface area (Å²) >= 11 is 0. The molecule has 1 aliphatic heterocycles. The smallest absolute Gasteiger partial charge is 0.224 e. The van der Waals surface area contributed by atoms with E-state index in [0.29, 0.717) is 18.5 Å². The van der Waals surface area contributed by atoms with Gasteiger partial charge in [-0.25, -0.2) is 14.4 Å². The monoisotopic (exact) mass is 442 g/mol. The molecule has 0 bridgehead atoms. The van der Waals surface area contributed by atoms with Gasteiger partial charge in [-0.3, -0.25) is 9.88 Å². The molecule has 4 aromatic rings. The van der Waals surface area contributed by atoms with E-state index in [1.54, 1.807) is 18.5 Å². The Morgan fingerprint density at radius 2 is 1.88 bits per heavy atom. The minimum absolute atomic E-state index is 0.243. The molecule has 0 aliphatic carbocycles. The van der Waals surface area contributed by atoms with Crippen LogP contribution in [0, 0.1) is 5.82 Å². The average molecular weight is 443 g/mol. The molecule has 1 atom stereocenters. The number of aromatic nitrogens is 3. The lowest BCUT2D eigenvalue weighted by Gasteiger charge is -2.35. The molecule has 3 heterocycles. The summed E-state index contributed by atoms with van der Waals surface area (Å²) in [5.41, 5.74) is 4.01. The molecule has 168 valence electrons. The van der Waals surface area contributed by atoms with Crippen LogP contribution in [0.3, 0.4) is 0 Å². The molecule has 1 unspecified atom stereocenters. The van der Waals surface area contributed by atoms with E-state index in [9.17, 15) is 4.39 Å². The average Bonchev–Trinajstić information content (AvgIpc) is 2.86. The molecular weight excluding hydrogens is 415 g/mol. The summed E-state index contributed by atoms with van der Waals surface area (Å²) in [6, 6.07) is 17.1. The van der Waals surface area contributed by atoms with Crippen molar-refractivity contribution in [2.75, 3.05) is 13.2 Å². The van der Waals surface area contributed by atoms with Crippen molar-refractivity contribution < 1.29 is 9.13 Å². The van der Waals surface area contributed by atoms with Crippen molar-refractivity contribution in [1.82, 2.24) is 19.9 Å². The second kappa shape index (κ2) is 10.0. The van der Waals surface area contributed by atoms with Crippen LogP contribution in [0.15, 0.2) is 73.3 Å². The molecule has 5 nitrogen and oxygen atoms in total. The zero-order valence-electron chi connectivity index (χ0n) is 18.5. The molecule has 0 saturated carbocycles. The van der Waals surface area contributed by atoms with Crippen molar-refractivity contribution in [2.24, 2.45) is 0 Å². The zero-order valence-corrected chi connectivity index (χ0v) is 18.5. The van der Waals surface area contributed by atoms with E-state index < -0.39 is 0 Å². The first-order valence-corrected chi connectivity index (χ1v) is 11.5. The lowest BCUT2D eigenvalue weighted by Crippen LogP contribution is -2.39. The number of nitrogens with zero attached hydrogens (tertiary/aromatic N) is 4. The minimum atomic E-state index is -0.243. The standard InChI is InChI=1S/C27H27FN4O/c28-23-9-6-21(7-10-23)22-8-11-26-25(16-22)27(31-19-30-26)33-15-12-24-5-1-2-14-32(24)18-20-4-3-13-29-17-20/h3-4,6-11,13,16-17,19,24H,1-2,5,12,14-15,18H2. The zero-order chi connectivity index (χ0) is 22.5. The first-order chi connectivity index (χ1) is 16.3. The van der Waals surface area contributed by atoms with Gasteiger partial charge in [-0.1, -0.05) is 30.7 Å². The molecule has 33 heavy (non-hydrogen) atoms. The van der Waals surface area contributed by atoms with E-state index in [4.69, 9.17) is 4.74 Å². The molecule has 1 aliphatic rings. The maximum Gasteiger partial charge on any atom is 0.224 e. The van der Waals surface area contributed by atoms with E-state index >= 15 is 0 Å². The van der Waals surface area contributed by atoms with E-state index in [-0.39, 0.29) is 5.82 Å². The van der Waals surface area contributed by atoms with Crippen molar-refractivity contribution in [2.45, 2.75) is 38.3 Å². The molecule has 2 aromatic heterocycles. The van der Waals surface area contributed by atoms with Crippen molar-refractivity contribution >= 4 is 10.9 Å². The Kier molecular flexibility index (Phi) is 6.53. The van der Waals surface area contributed by atoms with Crippen LogP contribution in [-0.4, -0.2) is 39.0 Å². The van der Waals surface area contributed by atoms with Gasteiger partial charge in [0, 0.05) is 25.0 Å². The van der Waals surface area contributed by atoms with Crippen LogP contribution in [0.2, 0.25) is 0 Å². The van der Waals surface area contributed by atoms with Gasteiger partial charge in [0.05, 0.1) is 17.5 Å². The summed E-state index contributed by atoms with van der Waals surface area (Å²) < 4.78 is 19.5. The largest absolute Gasteiger partial charge is 0.477 e. The number of halogens is 1. The van der Waals surface area contributed by atoms with Crippen LogP contribution in [0.1, 0.15) is 31.2 Å². The van der Waals surface area contributed by atoms with Crippen molar-refractivity contribution in [1.29, 1.82) is 0 Å². The third-order valence-corrected chi connectivity index (χ3v) is 6.32. The number of likely N-dealkylation sites (tertiary alicyclic amines) is 1. The fourth-order valence-corrected chi connectivity index (χ4v) is 4.58. The Bertz CT molecular complexity index is 1200. The van der Waals surface area contributed by atoms with Crippen LogP contribution in [0.4, 0.5) is 4.39 Å². The Hall–Kier alpha value is -3.38. The van der Waals surface area contributed by atoms with Crippen LogP contribution >= 0.6 is 0 Å². The quantitative estimate of drug-likeness (QED) is 0.370. The first kappa shape index (κ1) is 21.5. The number of hydrogen-bond donors (Lipinski definition) is 0. The summed E-state index contributed by atoms with van der Waals surface area (Å²) in [7, 11) is 0. The third kappa shape index (κ3) is 5.17. The number of piperidine rings is 1. The van der Waals surface area contributed by atoms with Gasteiger partial charge in [-0.05, 0) is 72.8 Å². The Morgan fingerprint density at radius 1 is 1.00 bits per heavy atom. The predicted molar refractivity (Wildman–Crippen MR) is 127 cm³/mol. The van der Waals surface area contributed by atoms with E-state index in [1.807, 2.05) is 36.7 Å². The summed E-state index contributed by atoms with van der Waals surface area (Å²) in [6.07, 6.45) is 9.94. The van der Waals surface area contributed by atoms with Gasteiger partial charge in [0.15, 0.2) is 0 Å². The Balaban J connectivity index is 1.28. The van der Waals surface area contributed by atoms with Crippen molar-refractivity contribution in [3.8, 4) is 17.0 Å². The molecule has 5 rings (SSSR count). The Labute approximate surface area is 193 Å². The van der Waals surface area contributed by atoms with E-state index in [1.165, 1.54) is 37.0 Å². The lowest BCUT2D eigenvalue weighted by atomic mass is 9.99. The Morgan fingerprint density at radius 3 is 2.73 bits per heavy atom. The summed E-state index contributed by atoms with van der Waals surface area (Å²) in [6.45, 7) is 2.63. The topological polar surface area (TPSA) is 51.1 Å². The second-order valence-electron chi connectivity index (χ2n) is 8.54. The van der Waals surface area contributed by atoms with Crippen LogP contribution in [0.25, 0.3) is 22.0 Å². The third-order valence-electron chi connectivity index (χ3n) is 6.32. The molecule has 0 radical (unpaired) electrons. The number of rotatable bonds is 7. The van der Waals surface area contributed by atoms with Gasteiger partial charge >= 0.3 is 0 Å². The van der Waals surface area contributed by atoms with Crippen LogP contribution in [-0.2, 0) is 6.54 Å². The van der Waals surface area contributed by atoms with E-state index in [2.05, 4.69) is 25.9 Å². The second-order valence-corrected chi connectivity index (χ2v) is 8.54. The highest BCUT2D eigenvalue weighted by atomic mass is 19.1. The summed E-state index contributed by atoms with van der Waals surface area (Å²) in [4.78, 5) is 15.6. The fraction of sp³-hybridized carbons (Fsp3) is 0.296. The molecule has 0 N–H and O–H groups in total. The van der Waals surface area contributed by atoms with Crippen LogP contribution in [0.5, 0.6) is 5.88 Å². The number of benzene rings is 2. The maximum absolute atomic E-state index is 13.3. The predicted octanol–water partition coefficient (Wildman–Crippen LogP) is 5.65. The highest BCUT2D eigenvalue weighted by Crippen LogP contribution is 2.29. The van der Waals surface area contributed by atoms with Crippen molar-refractivity contribution in [3.63, 3.8) is 0 Å². The van der Waals surface area contributed by atoms with Gasteiger partial charge in [-0.15, -0.1) is 0 Å². The van der Waals surface area contributed by atoms with Gasteiger partial charge in [-0.2, -0.15) is 0 Å². The highest BCUT2D eigenvalue weighted by Gasteiger charge is 2.22. The summed E-state index contributed by atoms with van der Waals surface area (Å²) in [5.74, 6) is 0.353. The molecular formula is C27H27FN4O. The SMILES string of the molecule is Fc1ccc(-c2ccc3ncnc(OCCC4CCCCN4Cc4cccnc4)c3c2)cc1. The van der Waals surface area contributed by atoms with Gasteiger partial charge in [0.1, 0.15) is 12.1 Å². The molecule has 6 heteroatoms. The molecule has 0 amide bonds. The number of fused-ring (bicyclic) bond motifs is 1. The van der Waals surface area contributed by atoms with Crippen molar-refractivity contribution in [3.05, 3.63) is 84.7 Å². The normalized spacial score (nSPS) is 16.7. The van der Waals surface area contributed by atoms with E-state index in [0.717, 1.165) is 41.5 Å². The van der Waals surface area contributed by atoms with Gasteiger partial charge in [0.25, 0.3) is 0 Å². The van der Waals surface area contributed by atoms with Gasteiger partial charge in [0.2, 0.25) is 5.88 Å². The first-order valence-electron chi connectivity index (χ1n) is 11.5. The molecule has 1 saturated heterocycles. The molecule has 1 fully saturated rings. The minimum Gasteiger partial charge on any atom is -0.477 e.